The van der Waals surface area contributed by atoms with Gasteiger partial charge in [-0.15, -0.1) is 0 Å². The lowest BCUT2D eigenvalue weighted by atomic mass is 9.91. The molecule has 0 aliphatic carbocycles. The molecule has 1 N–H and O–H groups in total. The fraction of sp³-hybridized carbons (Fsp3) is 0.409. The average Bonchev–Trinajstić information content (AvgIpc) is 3.10. The highest BCUT2D eigenvalue weighted by Crippen LogP contribution is 2.32. The first-order valence-electron chi connectivity index (χ1n) is 9.38. The molecule has 3 aromatic rings. The van der Waals surface area contributed by atoms with Crippen LogP contribution in [0.1, 0.15) is 38.3 Å². The van der Waals surface area contributed by atoms with Crippen LogP contribution in [0.2, 0.25) is 0 Å². The predicted octanol–water partition coefficient (Wildman–Crippen LogP) is 4.96. The molecule has 0 saturated carbocycles. The quantitative estimate of drug-likeness (QED) is 0.607. The molecule has 0 radical (unpaired) electrons. The molecule has 1 aromatic heterocycles. The van der Waals surface area contributed by atoms with Gasteiger partial charge in [-0.05, 0) is 56.6 Å². The molecule has 0 atom stereocenters. The van der Waals surface area contributed by atoms with Gasteiger partial charge >= 0.3 is 0 Å². The van der Waals surface area contributed by atoms with Crippen LogP contribution in [0.5, 0.6) is 11.5 Å². The second-order valence-corrected chi connectivity index (χ2v) is 6.99. The van der Waals surface area contributed by atoms with Gasteiger partial charge < -0.3 is 19.3 Å². The minimum atomic E-state index is -0.300. The number of phenolic OH excluding ortho intramolecular Hbond substituents is 1. The number of fused-ring (bicyclic) bond motifs is 1. The molecule has 1 saturated heterocycles. The van der Waals surface area contributed by atoms with Gasteiger partial charge in [0.05, 0.1) is 12.3 Å². The summed E-state index contributed by atoms with van der Waals surface area (Å²) in [6, 6.07) is 11.6. The van der Waals surface area contributed by atoms with Crippen molar-refractivity contribution in [1.82, 2.24) is 10.1 Å². The van der Waals surface area contributed by atoms with Gasteiger partial charge in [0.2, 0.25) is 0 Å². The van der Waals surface area contributed by atoms with Gasteiger partial charge in [-0.1, -0.05) is 24.7 Å². The van der Waals surface area contributed by atoms with Gasteiger partial charge in [-0.2, -0.15) is 0 Å². The van der Waals surface area contributed by atoms with E-state index in [4.69, 9.17) is 9.26 Å². The third kappa shape index (κ3) is 4.44. The van der Waals surface area contributed by atoms with E-state index >= 15 is 0 Å². The Morgan fingerprint density at radius 2 is 1.96 bits per heavy atom. The monoisotopic (exact) mass is 386 g/mol. The molecule has 0 amide bonds. The Hall–Kier alpha value is -2.60. The predicted molar refractivity (Wildman–Crippen MR) is 107 cm³/mol. The first-order valence-corrected chi connectivity index (χ1v) is 9.38. The van der Waals surface area contributed by atoms with Crippen LogP contribution >= 0.6 is 0 Å². The standard InChI is InChI=1S/C21H23FN2O3.CH4/c22-16-6-7-17-20(14-16)27-23-21(17)15-8-11-24(12-9-15)10-3-13-26-19-5-2-1-4-18(19)25;/h1-2,4-7,14-15,25H,3,8-13H2;1H4. The molecule has 5 nitrogen and oxygen atoms in total. The number of hydrogen-bond acceptors (Lipinski definition) is 5. The van der Waals surface area contributed by atoms with Crippen LogP contribution in [-0.2, 0) is 0 Å². The highest BCUT2D eigenvalue weighted by molar-refractivity contribution is 5.79. The summed E-state index contributed by atoms with van der Waals surface area (Å²) >= 11 is 0. The van der Waals surface area contributed by atoms with Crippen molar-refractivity contribution in [2.75, 3.05) is 26.2 Å². The number of ether oxygens (including phenoxy) is 1. The fourth-order valence-electron chi connectivity index (χ4n) is 3.70. The molecular formula is C22H27FN2O3. The zero-order valence-corrected chi connectivity index (χ0v) is 15.1. The maximum absolute atomic E-state index is 13.3. The van der Waals surface area contributed by atoms with Gasteiger partial charge in [-0.25, -0.2) is 4.39 Å². The van der Waals surface area contributed by atoms with Crippen molar-refractivity contribution in [3.05, 3.63) is 54.0 Å². The number of benzene rings is 2. The lowest BCUT2D eigenvalue weighted by Crippen LogP contribution is -2.34. The Bertz CT molecular complexity index is 904. The van der Waals surface area contributed by atoms with E-state index in [-0.39, 0.29) is 19.0 Å². The van der Waals surface area contributed by atoms with Crippen LogP contribution in [0.4, 0.5) is 4.39 Å². The summed E-state index contributed by atoms with van der Waals surface area (Å²) in [4.78, 5) is 2.42. The Kier molecular flexibility index (Phi) is 6.52. The number of hydrogen-bond donors (Lipinski definition) is 1. The molecule has 1 aliphatic heterocycles. The number of likely N-dealkylation sites (tertiary alicyclic amines) is 1. The van der Waals surface area contributed by atoms with Gasteiger partial charge in [0.15, 0.2) is 17.1 Å². The lowest BCUT2D eigenvalue weighted by Gasteiger charge is -2.31. The summed E-state index contributed by atoms with van der Waals surface area (Å²) in [5.74, 6) is 0.764. The number of halogens is 1. The average molecular weight is 386 g/mol. The largest absolute Gasteiger partial charge is 0.504 e. The SMILES string of the molecule is C.Oc1ccccc1OCCCN1CCC(c2noc3cc(F)ccc23)CC1. The number of rotatable bonds is 6. The maximum atomic E-state index is 13.3. The van der Waals surface area contributed by atoms with Crippen LogP contribution in [0.25, 0.3) is 11.0 Å². The van der Waals surface area contributed by atoms with E-state index in [1.165, 1.54) is 12.1 Å². The molecule has 28 heavy (non-hydrogen) atoms. The van der Waals surface area contributed by atoms with Crippen molar-refractivity contribution < 1.29 is 18.8 Å². The number of piperidine rings is 1. The molecule has 150 valence electrons. The van der Waals surface area contributed by atoms with Crippen LogP contribution in [0, 0.1) is 5.82 Å². The highest BCUT2D eigenvalue weighted by atomic mass is 19.1. The number of aromatic hydroxyl groups is 1. The molecule has 2 aromatic carbocycles. The van der Waals surface area contributed by atoms with Gasteiger partial charge in [0.1, 0.15) is 5.82 Å². The van der Waals surface area contributed by atoms with Crippen molar-refractivity contribution in [1.29, 1.82) is 0 Å². The first kappa shape index (κ1) is 20.1. The van der Waals surface area contributed by atoms with Crippen molar-refractivity contribution in [3.63, 3.8) is 0 Å². The maximum Gasteiger partial charge on any atom is 0.170 e. The van der Waals surface area contributed by atoms with Crippen LogP contribution in [0.15, 0.2) is 47.0 Å². The van der Waals surface area contributed by atoms with Crippen molar-refractivity contribution in [2.45, 2.75) is 32.6 Å². The smallest absolute Gasteiger partial charge is 0.170 e. The Morgan fingerprint density at radius 1 is 1.18 bits per heavy atom. The Balaban J connectivity index is 0.00000225. The summed E-state index contributed by atoms with van der Waals surface area (Å²) in [5, 5.41) is 14.8. The second kappa shape index (κ2) is 9.06. The van der Waals surface area contributed by atoms with Gasteiger partial charge in [0.25, 0.3) is 0 Å². The van der Waals surface area contributed by atoms with Crippen molar-refractivity contribution >= 4 is 11.0 Å². The molecule has 2 heterocycles. The van der Waals surface area contributed by atoms with Crippen LogP contribution in [-0.4, -0.2) is 41.4 Å². The minimum absolute atomic E-state index is 0. The molecule has 1 fully saturated rings. The lowest BCUT2D eigenvalue weighted by molar-refractivity contribution is 0.189. The van der Waals surface area contributed by atoms with E-state index in [9.17, 15) is 9.50 Å². The van der Waals surface area contributed by atoms with E-state index in [1.807, 2.05) is 6.07 Å². The number of para-hydroxylation sites is 2. The summed E-state index contributed by atoms with van der Waals surface area (Å²) in [6.07, 6.45) is 2.93. The van der Waals surface area contributed by atoms with E-state index in [0.717, 1.165) is 50.0 Å². The van der Waals surface area contributed by atoms with Crippen LogP contribution < -0.4 is 4.74 Å². The number of phenols is 1. The molecule has 0 bridgehead atoms. The van der Waals surface area contributed by atoms with E-state index in [0.29, 0.717) is 23.9 Å². The summed E-state index contributed by atoms with van der Waals surface area (Å²) in [6.45, 7) is 3.54. The Labute approximate surface area is 164 Å². The van der Waals surface area contributed by atoms with Gasteiger partial charge in [-0.3, -0.25) is 0 Å². The number of nitrogens with zero attached hydrogens (tertiary/aromatic N) is 2. The fourth-order valence-corrected chi connectivity index (χ4v) is 3.70. The van der Waals surface area contributed by atoms with E-state index in [1.54, 1.807) is 24.3 Å². The van der Waals surface area contributed by atoms with Crippen LogP contribution in [0.3, 0.4) is 0 Å². The number of aromatic nitrogens is 1. The zero-order valence-electron chi connectivity index (χ0n) is 15.1. The minimum Gasteiger partial charge on any atom is -0.504 e. The first-order chi connectivity index (χ1) is 13.2. The molecule has 0 spiro atoms. The summed E-state index contributed by atoms with van der Waals surface area (Å²) in [7, 11) is 0. The summed E-state index contributed by atoms with van der Waals surface area (Å²) < 4.78 is 24.2. The second-order valence-electron chi connectivity index (χ2n) is 6.99. The topological polar surface area (TPSA) is 58.7 Å². The van der Waals surface area contributed by atoms with E-state index in [2.05, 4.69) is 10.1 Å². The molecule has 0 unspecified atom stereocenters. The van der Waals surface area contributed by atoms with E-state index < -0.39 is 0 Å². The third-order valence-corrected chi connectivity index (χ3v) is 5.18. The summed E-state index contributed by atoms with van der Waals surface area (Å²) in [5.41, 5.74) is 1.47. The normalized spacial score (nSPS) is 15.5. The molecule has 4 rings (SSSR count). The Morgan fingerprint density at radius 3 is 2.75 bits per heavy atom. The van der Waals surface area contributed by atoms with Crippen molar-refractivity contribution in [3.8, 4) is 11.5 Å². The third-order valence-electron chi connectivity index (χ3n) is 5.18. The molecular weight excluding hydrogens is 359 g/mol. The molecule has 1 aliphatic rings. The molecule has 6 heteroatoms. The van der Waals surface area contributed by atoms with Crippen molar-refractivity contribution in [2.24, 2.45) is 0 Å². The highest BCUT2D eigenvalue weighted by Gasteiger charge is 2.24. The zero-order chi connectivity index (χ0) is 18.6. The van der Waals surface area contributed by atoms with Gasteiger partial charge in [0, 0.05) is 23.9 Å².